The number of hydrazone groups is 1. The first-order valence-electron chi connectivity index (χ1n) is 7.16. The lowest BCUT2D eigenvalue weighted by Crippen LogP contribution is -2.00. The molecule has 0 aliphatic carbocycles. The van der Waals surface area contributed by atoms with Crippen molar-refractivity contribution in [1.82, 2.24) is 0 Å². The molecule has 6 nitrogen and oxygen atoms in total. The summed E-state index contributed by atoms with van der Waals surface area (Å²) in [6.45, 7) is 2.36. The average molecular weight is 368 g/mol. The Morgan fingerprint density at radius 1 is 1.25 bits per heavy atom. The minimum absolute atomic E-state index is 0.0954. The maximum Gasteiger partial charge on any atom is 0.311 e. The van der Waals surface area contributed by atoms with Gasteiger partial charge in [-0.2, -0.15) is 5.10 Å². The third-order valence-corrected chi connectivity index (χ3v) is 3.71. The molecule has 0 heterocycles. The first-order valence-corrected chi connectivity index (χ1v) is 7.92. The number of hydrogen-bond acceptors (Lipinski definition) is 5. The van der Waals surface area contributed by atoms with Crippen molar-refractivity contribution in [3.63, 3.8) is 0 Å². The van der Waals surface area contributed by atoms with E-state index in [2.05, 4.69) is 10.5 Å². The summed E-state index contributed by atoms with van der Waals surface area (Å²) in [5.41, 5.74) is 3.91. The fourth-order valence-corrected chi connectivity index (χ4v) is 2.14. The Hall–Kier alpha value is -2.31. The van der Waals surface area contributed by atoms with Gasteiger partial charge < -0.3 is 4.74 Å². The molecule has 0 aliphatic rings. The van der Waals surface area contributed by atoms with Crippen LogP contribution in [0.5, 0.6) is 5.75 Å². The largest absolute Gasteiger partial charge is 0.487 e. The quantitative estimate of drug-likeness (QED) is 0.417. The highest BCUT2D eigenvalue weighted by molar-refractivity contribution is 6.42. The van der Waals surface area contributed by atoms with Crippen LogP contribution in [0, 0.1) is 10.1 Å². The van der Waals surface area contributed by atoms with Gasteiger partial charge in [0.1, 0.15) is 0 Å². The monoisotopic (exact) mass is 367 g/mol. The smallest absolute Gasteiger partial charge is 0.311 e. The fourth-order valence-electron chi connectivity index (χ4n) is 1.84. The number of anilines is 1. The number of rotatable bonds is 7. The van der Waals surface area contributed by atoms with Gasteiger partial charge in [0.05, 0.1) is 33.5 Å². The molecular formula is C16H15Cl2N3O3. The lowest BCUT2D eigenvalue weighted by Gasteiger charge is -2.06. The number of benzene rings is 2. The summed E-state index contributed by atoms with van der Waals surface area (Å²) in [5.74, 6) is 0.247. The molecule has 24 heavy (non-hydrogen) atoms. The molecule has 0 saturated heterocycles. The van der Waals surface area contributed by atoms with Crippen molar-refractivity contribution < 1.29 is 9.66 Å². The molecule has 0 unspecified atom stereocenters. The highest BCUT2D eigenvalue weighted by atomic mass is 35.5. The van der Waals surface area contributed by atoms with Crippen molar-refractivity contribution in [2.24, 2.45) is 5.10 Å². The minimum atomic E-state index is -0.477. The molecular weight excluding hydrogens is 353 g/mol. The van der Waals surface area contributed by atoms with Crippen LogP contribution in [0.15, 0.2) is 41.5 Å². The molecule has 0 aromatic heterocycles. The molecule has 8 heteroatoms. The van der Waals surface area contributed by atoms with Crippen molar-refractivity contribution in [3.05, 3.63) is 62.1 Å². The molecule has 0 atom stereocenters. The summed E-state index contributed by atoms with van der Waals surface area (Å²) < 4.78 is 5.37. The minimum Gasteiger partial charge on any atom is -0.487 e. The second-order valence-electron chi connectivity index (χ2n) is 4.83. The molecule has 126 valence electrons. The average Bonchev–Trinajstić information content (AvgIpc) is 2.56. The molecule has 0 radical (unpaired) electrons. The topological polar surface area (TPSA) is 76.8 Å². The van der Waals surface area contributed by atoms with Gasteiger partial charge in [-0.15, -0.1) is 0 Å². The van der Waals surface area contributed by atoms with Gasteiger partial charge >= 0.3 is 5.69 Å². The number of nitrogens with zero attached hydrogens (tertiary/aromatic N) is 2. The summed E-state index contributed by atoms with van der Waals surface area (Å²) >= 11 is 11.7. The summed E-state index contributed by atoms with van der Waals surface area (Å²) in [4.78, 5) is 10.7. The number of ether oxygens (including phenoxy) is 1. The zero-order chi connectivity index (χ0) is 17.5. The third kappa shape index (κ3) is 4.84. The normalized spacial score (nSPS) is 10.8. The number of halogens is 2. The lowest BCUT2D eigenvalue weighted by atomic mass is 10.2. The molecule has 2 rings (SSSR count). The number of nitro benzene ring substituents is 1. The van der Waals surface area contributed by atoms with Crippen LogP contribution in [0.1, 0.15) is 18.9 Å². The maximum atomic E-state index is 11.1. The van der Waals surface area contributed by atoms with E-state index in [0.717, 1.165) is 6.42 Å². The van der Waals surface area contributed by atoms with Gasteiger partial charge in [0.2, 0.25) is 0 Å². The van der Waals surface area contributed by atoms with Crippen LogP contribution in [0.4, 0.5) is 11.4 Å². The number of hydrogen-bond donors (Lipinski definition) is 1. The Kier molecular flexibility index (Phi) is 6.40. The van der Waals surface area contributed by atoms with Gasteiger partial charge in [-0.05, 0) is 36.8 Å². The van der Waals surface area contributed by atoms with Crippen LogP contribution < -0.4 is 10.2 Å². The highest BCUT2D eigenvalue weighted by Gasteiger charge is 2.15. The van der Waals surface area contributed by atoms with E-state index in [1.54, 1.807) is 30.3 Å². The fraction of sp³-hybridized carbons (Fsp3) is 0.188. The van der Waals surface area contributed by atoms with Crippen molar-refractivity contribution in [2.75, 3.05) is 12.0 Å². The molecule has 0 amide bonds. The second-order valence-corrected chi connectivity index (χ2v) is 5.65. The first kappa shape index (κ1) is 18.0. The Labute approximate surface area is 149 Å². The molecule has 2 aromatic carbocycles. The third-order valence-electron chi connectivity index (χ3n) is 2.97. The van der Waals surface area contributed by atoms with Crippen molar-refractivity contribution in [2.45, 2.75) is 13.3 Å². The molecule has 1 N–H and O–H groups in total. The highest BCUT2D eigenvalue weighted by Crippen LogP contribution is 2.28. The van der Waals surface area contributed by atoms with Crippen LogP contribution >= 0.6 is 23.2 Å². The standard InChI is InChI=1S/C16H15Cl2N3O3/c1-2-7-24-16-6-3-11(8-15(16)21(22)23)10-19-20-12-4-5-13(17)14(18)9-12/h3-6,8-10,20H,2,7H2,1H3. The molecule has 0 aliphatic heterocycles. The molecule has 0 fully saturated rings. The Bertz CT molecular complexity index is 766. The number of nitrogens with one attached hydrogen (secondary N) is 1. The Balaban J connectivity index is 2.12. The van der Waals surface area contributed by atoms with E-state index in [9.17, 15) is 10.1 Å². The summed E-state index contributed by atoms with van der Waals surface area (Å²) in [6, 6.07) is 9.66. The van der Waals surface area contributed by atoms with E-state index >= 15 is 0 Å². The zero-order valence-corrected chi connectivity index (χ0v) is 14.3. The second kappa shape index (κ2) is 8.52. The van der Waals surface area contributed by atoms with E-state index < -0.39 is 4.92 Å². The summed E-state index contributed by atoms with van der Waals surface area (Å²) in [6.07, 6.45) is 2.24. The molecule has 0 bridgehead atoms. The Morgan fingerprint density at radius 2 is 2.04 bits per heavy atom. The van der Waals surface area contributed by atoms with E-state index in [4.69, 9.17) is 27.9 Å². The van der Waals surface area contributed by atoms with E-state index in [0.29, 0.717) is 27.9 Å². The van der Waals surface area contributed by atoms with Crippen LogP contribution in [0.3, 0.4) is 0 Å². The molecule has 0 spiro atoms. The van der Waals surface area contributed by atoms with Gasteiger partial charge in [-0.3, -0.25) is 15.5 Å². The Morgan fingerprint density at radius 3 is 2.71 bits per heavy atom. The summed E-state index contributed by atoms with van der Waals surface area (Å²) in [5, 5.41) is 16.0. The van der Waals surface area contributed by atoms with Gasteiger partial charge in [-0.25, -0.2) is 0 Å². The van der Waals surface area contributed by atoms with E-state index in [1.165, 1.54) is 12.3 Å². The predicted molar refractivity (Wildman–Crippen MR) is 96.6 cm³/mol. The number of nitro groups is 1. The van der Waals surface area contributed by atoms with Gasteiger partial charge in [0, 0.05) is 11.6 Å². The van der Waals surface area contributed by atoms with Crippen molar-refractivity contribution in [1.29, 1.82) is 0 Å². The first-order chi connectivity index (χ1) is 11.5. The van der Waals surface area contributed by atoms with Crippen LogP contribution in [0.2, 0.25) is 10.0 Å². The van der Waals surface area contributed by atoms with Crippen LogP contribution in [-0.4, -0.2) is 17.7 Å². The summed E-state index contributed by atoms with van der Waals surface area (Å²) in [7, 11) is 0. The zero-order valence-electron chi connectivity index (χ0n) is 12.8. The molecule has 0 saturated carbocycles. The van der Waals surface area contributed by atoms with Crippen LogP contribution in [0.25, 0.3) is 0 Å². The van der Waals surface area contributed by atoms with Crippen molar-refractivity contribution >= 4 is 40.8 Å². The SMILES string of the molecule is CCCOc1ccc(C=NNc2ccc(Cl)c(Cl)c2)cc1[N+](=O)[O-]. The molecule has 2 aromatic rings. The van der Waals surface area contributed by atoms with E-state index in [1.807, 2.05) is 6.92 Å². The van der Waals surface area contributed by atoms with Crippen LogP contribution in [-0.2, 0) is 0 Å². The van der Waals surface area contributed by atoms with Gasteiger partial charge in [0.25, 0.3) is 0 Å². The van der Waals surface area contributed by atoms with Gasteiger partial charge in [0.15, 0.2) is 5.75 Å². The van der Waals surface area contributed by atoms with E-state index in [-0.39, 0.29) is 11.4 Å². The lowest BCUT2D eigenvalue weighted by molar-refractivity contribution is -0.385. The predicted octanol–water partition coefficient (Wildman–Crippen LogP) is 5.14. The van der Waals surface area contributed by atoms with Gasteiger partial charge in [-0.1, -0.05) is 30.1 Å². The maximum absolute atomic E-state index is 11.1. The van der Waals surface area contributed by atoms with Crippen molar-refractivity contribution in [3.8, 4) is 5.75 Å².